The van der Waals surface area contributed by atoms with Crippen LogP contribution in [0.25, 0.3) is 10.2 Å². The summed E-state index contributed by atoms with van der Waals surface area (Å²) in [7, 11) is 0. The minimum absolute atomic E-state index is 0.117. The molecule has 0 saturated heterocycles. The summed E-state index contributed by atoms with van der Waals surface area (Å²) < 4.78 is 26.5. The van der Waals surface area contributed by atoms with E-state index in [1.54, 1.807) is 0 Å². The van der Waals surface area contributed by atoms with Crippen molar-refractivity contribution < 1.29 is 8.78 Å². The minimum atomic E-state index is -0.657. The second kappa shape index (κ2) is 5.25. The quantitative estimate of drug-likeness (QED) is 0.771. The second-order valence-corrected chi connectivity index (χ2v) is 5.61. The molecule has 2 aromatic heterocycles. The molecule has 3 N–H and O–H groups in total. The van der Waals surface area contributed by atoms with E-state index in [4.69, 9.17) is 5.73 Å². The number of aromatic nitrogens is 2. The van der Waals surface area contributed by atoms with Crippen molar-refractivity contribution in [1.29, 1.82) is 0 Å². The maximum atomic E-state index is 13.2. The van der Waals surface area contributed by atoms with Gasteiger partial charge in [-0.1, -0.05) is 6.92 Å². The molecule has 21 heavy (non-hydrogen) atoms. The first-order chi connectivity index (χ1) is 10.0. The summed E-state index contributed by atoms with van der Waals surface area (Å²) >= 11 is 1.52. The third-order valence-electron chi connectivity index (χ3n) is 2.93. The van der Waals surface area contributed by atoms with Crippen LogP contribution in [-0.2, 0) is 6.42 Å². The average Bonchev–Trinajstić information content (AvgIpc) is 2.80. The van der Waals surface area contributed by atoms with Gasteiger partial charge in [-0.05, 0) is 24.6 Å². The number of hydrogen-bond acceptors (Lipinski definition) is 5. The summed E-state index contributed by atoms with van der Waals surface area (Å²) in [6.07, 6.45) is 0.870. The fourth-order valence-corrected chi connectivity index (χ4v) is 2.99. The Balaban J connectivity index is 2.08. The number of thiophene rings is 1. The topological polar surface area (TPSA) is 63.8 Å². The van der Waals surface area contributed by atoms with Gasteiger partial charge < -0.3 is 11.1 Å². The first-order valence-electron chi connectivity index (χ1n) is 6.34. The van der Waals surface area contributed by atoms with Crippen LogP contribution in [0.1, 0.15) is 11.8 Å². The van der Waals surface area contributed by atoms with Crippen LogP contribution < -0.4 is 11.1 Å². The van der Waals surface area contributed by atoms with E-state index in [0.29, 0.717) is 5.82 Å². The zero-order valence-corrected chi connectivity index (χ0v) is 12.0. The Morgan fingerprint density at radius 2 is 1.86 bits per heavy atom. The predicted molar refractivity (Wildman–Crippen MR) is 80.8 cm³/mol. The number of nitrogens with two attached hydrogens (primary N) is 1. The molecule has 0 spiro atoms. The minimum Gasteiger partial charge on any atom is -0.368 e. The SMILES string of the molecule is CCc1cc2c(Nc3cc(F)cc(F)c3)nc(N)nc2s1. The molecule has 0 radical (unpaired) electrons. The molecule has 0 unspecified atom stereocenters. The number of nitrogens with zero attached hydrogens (tertiary/aromatic N) is 2. The summed E-state index contributed by atoms with van der Waals surface area (Å²) in [5, 5.41) is 3.69. The molecule has 0 fully saturated rings. The largest absolute Gasteiger partial charge is 0.368 e. The normalized spacial score (nSPS) is 11.0. The molecule has 4 nitrogen and oxygen atoms in total. The molecule has 1 aromatic carbocycles. The molecule has 0 bridgehead atoms. The lowest BCUT2D eigenvalue weighted by Crippen LogP contribution is -2.00. The maximum absolute atomic E-state index is 13.2. The standard InChI is InChI=1S/C14H12F2N4S/c1-2-10-6-11-12(19-14(17)20-13(11)21-10)18-9-4-7(15)3-8(16)5-9/h3-6H,2H2,1H3,(H3,17,18,19,20). The zero-order chi connectivity index (χ0) is 15.0. The van der Waals surface area contributed by atoms with E-state index in [1.807, 2.05) is 13.0 Å². The molecule has 0 saturated carbocycles. The third kappa shape index (κ3) is 2.78. The first kappa shape index (κ1) is 13.7. The van der Waals surface area contributed by atoms with Gasteiger partial charge in [0, 0.05) is 16.6 Å². The van der Waals surface area contributed by atoms with Gasteiger partial charge in [-0.25, -0.2) is 13.8 Å². The van der Waals surface area contributed by atoms with Gasteiger partial charge in [-0.15, -0.1) is 11.3 Å². The predicted octanol–water partition coefficient (Wildman–Crippen LogP) is 3.86. The van der Waals surface area contributed by atoms with Gasteiger partial charge >= 0.3 is 0 Å². The van der Waals surface area contributed by atoms with Crippen LogP contribution >= 0.6 is 11.3 Å². The van der Waals surface area contributed by atoms with Gasteiger partial charge in [-0.3, -0.25) is 0 Å². The first-order valence-corrected chi connectivity index (χ1v) is 7.16. The fourth-order valence-electron chi connectivity index (χ4n) is 2.02. The highest BCUT2D eigenvalue weighted by atomic mass is 32.1. The molecule has 0 atom stereocenters. The van der Waals surface area contributed by atoms with Crippen molar-refractivity contribution in [2.24, 2.45) is 0 Å². The Morgan fingerprint density at radius 1 is 1.14 bits per heavy atom. The number of fused-ring (bicyclic) bond motifs is 1. The van der Waals surface area contributed by atoms with E-state index in [0.717, 1.165) is 27.6 Å². The smallest absolute Gasteiger partial charge is 0.223 e. The molecular formula is C14H12F2N4S. The van der Waals surface area contributed by atoms with Gasteiger partial charge in [0.2, 0.25) is 5.95 Å². The van der Waals surface area contributed by atoms with Crippen molar-refractivity contribution in [2.75, 3.05) is 11.1 Å². The molecule has 0 aliphatic rings. The van der Waals surface area contributed by atoms with E-state index in [9.17, 15) is 8.78 Å². The molecule has 2 heterocycles. The van der Waals surface area contributed by atoms with Crippen LogP contribution in [-0.4, -0.2) is 9.97 Å². The molecule has 3 aromatic rings. The second-order valence-electron chi connectivity index (χ2n) is 4.50. The number of aryl methyl sites for hydroxylation is 1. The summed E-state index contributed by atoms with van der Waals surface area (Å²) in [6, 6.07) is 5.16. The molecule has 3 rings (SSSR count). The Morgan fingerprint density at radius 3 is 2.52 bits per heavy atom. The summed E-state index contributed by atoms with van der Waals surface area (Å²) in [5.74, 6) is -0.754. The van der Waals surface area contributed by atoms with Crippen LogP contribution in [0.3, 0.4) is 0 Å². The lowest BCUT2D eigenvalue weighted by Gasteiger charge is -2.07. The van der Waals surface area contributed by atoms with Gasteiger partial charge in [0.1, 0.15) is 22.3 Å². The molecule has 108 valence electrons. The van der Waals surface area contributed by atoms with Gasteiger partial charge in [0.25, 0.3) is 0 Å². The van der Waals surface area contributed by atoms with Crippen molar-refractivity contribution in [3.63, 3.8) is 0 Å². The number of halogens is 2. The number of hydrogen-bond donors (Lipinski definition) is 2. The highest BCUT2D eigenvalue weighted by Gasteiger charge is 2.11. The monoisotopic (exact) mass is 306 g/mol. The fraction of sp³-hybridized carbons (Fsp3) is 0.143. The zero-order valence-electron chi connectivity index (χ0n) is 11.2. The highest BCUT2D eigenvalue weighted by Crippen LogP contribution is 2.31. The number of benzene rings is 1. The van der Waals surface area contributed by atoms with Gasteiger partial charge in [0.15, 0.2) is 0 Å². The number of rotatable bonds is 3. The van der Waals surface area contributed by atoms with E-state index in [2.05, 4.69) is 15.3 Å². The number of nitrogen functional groups attached to an aromatic ring is 1. The van der Waals surface area contributed by atoms with Crippen molar-refractivity contribution in [3.8, 4) is 0 Å². The van der Waals surface area contributed by atoms with E-state index < -0.39 is 11.6 Å². The Kier molecular flexibility index (Phi) is 3.42. The molecular weight excluding hydrogens is 294 g/mol. The summed E-state index contributed by atoms with van der Waals surface area (Å²) in [4.78, 5) is 10.2. The van der Waals surface area contributed by atoms with Crippen molar-refractivity contribution in [1.82, 2.24) is 9.97 Å². The van der Waals surface area contributed by atoms with Crippen LogP contribution in [0.4, 0.5) is 26.2 Å². The molecule has 0 aliphatic heterocycles. The van der Waals surface area contributed by atoms with Crippen LogP contribution in [0, 0.1) is 11.6 Å². The van der Waals surface area contributed by atoms with E-state index >= 15 is 0 Å². The number of nitrogens with one attached hydrogen (secondary N) is 1. The van der Waals surface area contributed by atoms with Crippen LogP contribution in [0.5, 0.6) is 0 Å². The van der Waals surface area contributed by atoms with Gasteiger partial charge in [0.05, 0.1) is 5.39 Å². The third-order valence-corrected chi connectivity index (χ3v) is 4.11. The van der Waals surface area contributed by atoms with Crippen molar-refractivity contribution >= 4 is 39.0 Å². The lowest BCUT2D eigenvalue weighted by molar-refractivity contribution is 0.584. The van der Waals surface area contributed by atoms with E-state index in [-0.39, 0.29) is 11.6 Å². The molecule has 0 amide bonds. The Bertz CT molecular complexity index is 796. The molecule has 7 heteroatoms. The van der Waals surface area contributed by atoms with Crippen molar-refractivity contribution in [3.05, 3.63) is 40.8 Å². The van der Waals surface area contributed by atoms with Crippen LogP contribution in [0.2, 0.25) is 0 Å². The van der Waals surface area contributed by atoms with Crippen LogP contribution in [0.15, 0.2) is 24.3 Å². The lowest BCUT2D eigenvalue weighted by atomic mass is 10.2. The summed E-state index contributed by atoms with van der Waals surface area (Å²) in [5.41, 5.74) is 5.96. The highest BCUT2D eigenvalue weighted by molar-refractivity contribution is 7.18. The Hall–Kier alpha value is -2.28. The number of anilines is 3. The average molecular weight is 306 g/mol. The Labute approximate surface area is 123 Å². The molecule has 0 aliphatic carbocycles. The maximum Gasteiger partial charge on any atom is 0.223 e. The van der Waals surface area contributed by atoms with Crippen molar-refractivity contribution in [2.45, 2.75) is 13.3 Å². The summed E-state index contributed by atoms with van der Waals surface area (Å²) in [6.45, 7) is 2.04. The van der Waals surface area contributed by atoms with Gasteiger partial charge in [-0.2, -0.15) is 4.98 Å². The van der Waals surface area contributed by atoms with E-state index in [1.165, 1.54) is 23.5 Å².